The minimum absolute atomic E-state index is 0.195. The van der Waals surface area contributed by atoms with Crippen molar-refractivity contribution in [2.45, 2.75) is 13.5 Å². The molecule has 0 saturated carbocycles. The summed E-state index contributed by atoms with van der Waals surface area (Å²) < 4.78 is 0. The summed E-state index contributed by atoms with van der Waals surface area (Å²) in [7, 11) is 0. The molecule has 0 saturated heterocycles. The van der Waals surface area contributed by atoms with Gasteiger partial charge in [0.15, 0.2) is 0 Å². The van der Waals surface area contributed by atoms with E-state index in [0.29, 0.717) is 17.7 Å². The summed E-state index contributed by atoms with van der Waals surface area (Å²) in [5.41, 5.74) is 8.30. The molecule has 1 amide bonds. The van der Waals surface area contributed by atoms with Gasteiger partial charge in [0.25, 0.3) is 5.91 Å². The predicted octanol–water partition coefficient (Wildman–Crippen LogP) is 1.03. The first-order chi connectivity index (χ1) is 10.2. The maximum Gasteiger partial charge on any atom is 0.252 e. The standard InChI is InChI=1S/C16H16N4O/c1-12-4-5-13(9-19-12)10-20-16(21)15-6-8-18-11-14(15)3-2-7-17/h4-6,8-9,11H,7,10,17H2,1H3,(H,20,21). The first-order valence-electron chi connectivity index (χ1n) is 6.53. The Labute approximate surface area is 123 Å². The Morgan fingerprint density at radius 1 is 1.33 bits per heavy atom. The van der Waals surface area contributed by atoms with Crippen LogP contribution in [0.4, 0.5) is 0 Å². The zero-order valence-corrected chi connectivity index (χ0v) is 11.8. The number of carbonyl (C=O) groups is 1. The smallest absolute Gasteiger partial charge is 0.252 e. The number of hydrogen-bond acceptors (Lipinski definition) is 4. The third-order valence-electron chi connectivity index (χ3n) is 2.82. The van der Waals surface area contributed by atoms with E-state index in [0.717, 1.165) is 11.3 Å². The fourth-order valence-electron chi connectivity index (χ4n) is 1.72. The Balaban J connectivity index is 2.08. The van der Waals surface area contributed by atoms with Gasteiger partial charge in [-0.25, -0.2) is 0 Å². The van der Waals surface area contributed by atoms with E-state index in [2.05, 4.69) is 27.1 Å². The first kappa shape index (κ1) is 14.7. The van der Waals surface area contributed by atoms with Crippen LogP contribution < -0.4 is 11.1 Å². The molecule has 2 aromatic heterocycles. The van der Waals surface area contributed by atoms with Crippen LogP contribution in [0.15, 0.2) is 36.8 Å². The van der Waals surface area contributed by atoms with Crippen molar-refractivity contribution in [1.82, 2.24) is 15.3 Å². The highest BCUT2D eigenvalue weighted by atomic mass is 16.1. The van der Waals surface area contributed by atoms with Crippen molar-refractivity contribution < 1.29 is 4.79 Å². The molecule has 21 heavy (non-hydrogen) atoms. The number of carbonyl (C=O) groups excluding carboxylic acids is 1. The fourth-order valence-corrected chi connectivity index (χ4v) is 1.72. The molecule has 0 unspecified atom stereocenters. The number of nitrogens with two attached hydrogens (primary N) is 1. The monoisotopic (exact) mass is 280 g/mol. The van der Waals surface area contributed by atoms with Gasteiger partial charge in [-0.05, 0) is 24.6 Å². The summed E-state index contributed by atoms with van der Waals surface area (Å²) in [6.07, 6.45) is 4.87. The second-order valence-electron chi connectivity index (χ2n) is 4.42. The van der Waals surface area contributed by atoms with Crippen LogP contribution in [0.2, 0.25) is 0 Å². The van der Waals surface area contributed by atoms with Crippen LogP contribution in [0, 0.1) is 18.8 Å². The van der Waals surface area contributed by atoms with Crippen LogP contribution in [0.25, 0.3) is 0 Å². The molecule has 2 heterocycles. The maximum atomic E-state index is 12.2. The fraction of sp³-hybridized carbons (Fsp3) is 0.188. The number of pyridine rings is 2. The molecule has 0 aliphatic carbocycles. The van der Waals surface area contributed by atoms with Gasteiger partial charge < -0.3 is 11.1 Å². The first-order valence-corrected chi connectivity index (χ1v) is 6.53. The highest BCUT2D eigenvalue weighted by Gasteiger charge is 2.09. The zero-order chi connectivity index (χ0) is 15.1. The molecule has 0 aliphatic heterocycles. The van der Waals surface area contributed by atoms with Crippen molar-refractivity contribution in [2.75, 3.05) is 6.54 Å². The number of aromatic nitrogens is 2. The highest BCUT2D eigenvalue weighted by Crippen LogP contribution is 2.06. The van der Waals surface area contributed by atoms with Gasteiger partial charge in [0.1, 0.15) is 0 Å². The lowest BCUT2D eigenvalue weighted by atomic mass is 10.1. The average molecular weight is 280 g/mol. The minimum Gasteiger partial charge on any atom is -0.348 e. The van der Waals surface area contributed by atoms with Crippen molar-refractivity contribution in [2.24, 2.45) is 5.73 Å². The van der Waals surface area contributed by atoms with Crippen molar-refractivity contribution >= 4 is 5.91 Å². The lowest BCUT2D eigenvalue weighted by Gasteiger charge is -2.07. The molecule has 2 aromatic rings. The van der Waals surface area contributed by atoms with Crippen LogP contribution in [0.3, 0.4) is 0 Å². The van der Waals surface area contributed by atoms with Gasteiger partial charge >= 0.3 is 0 Å². The Kier molecular flexibility index (Phi) is 5.02. The zero-order valence-electron chi connectivity index (χ0n) is 11.8. The number of nitrogens with zero attached hydrogens (tertiary/aromatic N) is 2. The number of aryl methyl sites for hydroxylation is 1. The lowest BCUT2D eigenvalue weighted by Crippen LogP contribution is -2.23. The minimum atomic E-state index is -0.195. The lowest BCUT2D eigenvalue weighted by molar-refractivity contribution is 0.0950. The number of amides is 1. The quantitative estimate of drug-likeness (QED) is 0.823. The molecular weight excluding hydrogens is 264 g/mol. The van der Waals surface area contributed by atoms with E-state index in [-0.39, 0.29) is 12.5 Å². The molecular formula is C16H16N4O. The summed E-state index contributed by atoms with van der Waals surface area (Å²) in [5, 5.41) is 2.85. The SMILES string of the molecule is Cc1ccc(CNC(=O)c2ccncc2C#CCN)cn1. The number of nitrogens with one attached hydrogen (secondary N) is 1. The normalized spacial score (nSPS) is 9.62. The van der Waals surface area contributed by atoms with Gasteiger partial charge in [-0.15, -0.1) is 0 Å². The maximum absolute atomic E-state index is 12.2. The molecule has 0 bridgehead atoms. The molecule has 5 heteroatoms. The summed E-state index contributed by atoms with van der Waals surface area (Å²) in [4.78, 5) is 20.4. The Morgan fingerprint density at radius 3 is 2.90 bits per heavy atom. The molecule has 0 spiro atoms. The van der Waals surface area contributed by atoms with Crippen molar-refractivity contribution in [3.8, 4) is 11.8 Å². The van der Waals surface area contributed by atoms with Crippen LogP contribution in [0.5, 0.6) is 0 Å². The van der Waals surface area contributed by atoms with Gasteiger partial charge in [0.05, 0.1) is 17.7 Å². The van der Waals surface area contributed by atoms with Gasteiger partial charge in [-0.3, -0.25) is 14.8 Å². The highest BCUT2D eigenvalue weighted by molar-refractivity contribution is 5.96. The summed E-state index contributed by atoms with van der Waals surface area (Å²) in [5.74, 6) is 5.38. The van der Waals surface area contributed by atoms with Crippen molar-refractivity contribution in [1.29, 1.82) is 0 Å². The molecule has 0 aliphatic rings. The van der Waals surface area contributed by atoms with E-state index in [9.17, 15) is 4.79 Å². The molecule has 106 valence electrons. The van der Waals surface area contributed by atoms with E-state index in [1.54, 1.807) is 24.7 Å². The molecule has 0 aromatic carbocycles. The molecule has 0 atom stereocenters. The number of rotatable bonds is 3. The Bertz CT molecular complexity index is 683. The molecule has 0 radical (unpaired) electrons. The summed E-state index contributed by atoms with van der Waals surface area (Å²) >= 11 is 0. The van der Waals surface area contributed by atoms with Crippen LogP contribution >= 0.6 is 0 Å². The molecule has 3 N–H and O–H groups in total. The second kappa shape index (κ2) is 7.17. The van der Waals surface area contributed by atoms with Crippen molar-refractivity contribution in [3.63, 3.8) is 0 Å². The largest absolute Gasteiger partial charge is 0.348 e. The van der Waals surface area contributed by atoms with E-state index < -0.39 is 0 Å². The third-order valence-corrected chi connectivity index (χ3v) is 2.82. The van der Waals surface area contributed by atoms with Gasteiger partial charge in [-0.2, -0.15) is 0 Å². The van der Waals surface area contributed by atoms with E-state index in [1.165, 1.54) is 0 Å². The predicted molar refractivity (Wildman–Crippen MR) is 80.3 cm³/mol. The van der Waals surface area contributed by atoms with Gasteiger partial charge in [0.2, 0.25) is 0 Å². The van der Waals surface area contributed by atoms with Gasteiger partial charge in [-0.1, -0.05) is 17.9 Å². The van der Waals surface area contributed by atoms with Crippen molar-refractivity contribution in [3.05, 3.63) is 59.2 Å². The second-order valence-corrected chi connectivity index (χ2v) is 4.42. The van der Waals surface area contributed by atoms with E-state index in [1.807, 2.05) is 19.1 Å². The summed E-state index contributed by atoms with van der Waals surface area (Å²) in [6, 6.07) is 5.49. The number of hydrogen-bond donors (Lipinski definition) is 2. The van der Waals surface area contributed by atoms with E-state index in [4.69, 9.17) is 5.73 Å². The molecule has 2 rings (SSSR count). The molecule has 5 nitrogen and oxygen atoms in total. The van der Waals surface area contributed by atoms with Gasteiger partial charge in [0, 0.05) is 30.8 Å². The summed E-state index contributed by atoms with van der Waals surface area (Å²) in [6.45, 7) is 2.57. The Morgan fingerprint density at radius 2 is 2.19 bits per heavy atom. The third kappa shape index (κ3) is 4.13. The van der Waals surface area contributed by atoms with Crippen LogP contribution in [0.1, 0.15) is 27.2 Å². The Hall–Kier alpha value is -2.71. The average Bonchev–Trinajstić information content (AvgIpc) is 2.52. The topological polar surface area (TPSA) is 80.9 Å². The molecule has 0 fully saturated rings. The van der Waals surface area contributed by atoms with Crippen LogP contribution in [-0.4, -0.2) is 22.4 Å². The van der Waals surface area contributed by atoms with Crippen LogP contribution in [-0.2, 0) is 6.54 Å². The van der Waals surface area contributed by atoms with E-state index >= 15 is 0 Å².